The van der Waals surface area contributed by atoms with Gasteiger partial charge in [0.25, 0.3) is 0 Å². The molecule has 0 amide bonds. The Bertz CT molecular complexity index is 751. The van der Waals surface area contributed by atoms with E-state index in [1.165, 1.54) is 0 Å². The monoisotopic (exact) mass is 452 g/mol. The molecule has 0 aromatic carbocycles. The van der Waals surface area contributed by atoms with Gasteiger partial charge < -0.3 is 24.1 Å². The van der Waals surface area contributed by atoms with Gasteiger partial charge in [-0.2, -0.15) is 0 Å². The van der Waals surface area contributed by atoms with E-state index in [-0.39, 0.29) is 47.8 Å². The summed E-state index contributed by atoms with van der Waals surface area (Å²) in [6.07, 6.45) is 3.04. The third-order valence-corrected chi connectivity index (χ3v) is 8.91. The van der Waals surface area contributed by atoms with Crippen LogP contribution in [-0.4, -0.2) is 59.3 Å². The number of hydrogen-bond acceptors (Lipinski definition) is 7. The molecule has 10 atom stereocenters. The summed E-state index contributed by atoms with van der Waals surface area (Å²) in [7, 11) is 1.61. The van der Waals surface area contributed by atoms with Crippen molar-refractivity contribution >= 4 is 11.9 Å². The second-order valence-corrected chi connectivity index (χ2v) is 11.3. The summed E-state index contributed by atoms with van der Waals surface area (Å²) < 4.78 is 24.7. The molecule has 0 spiro atoms. The minimum Gasteiger partial charge on any atom is -0.459 e. The van der Waals surface area contributed by atoms with E-state index in [0.717, 1.165) is 12.8 Å². The number of rotatable bonds is 4. The summed E-state index contributed by atoms with van der Waals surface area (Å²) in [6.45, 7) is 9.70. The lowest BCUT2D eigenvalue weighted by atomic mass is 9.57. The number of carbonyl (C=O) groups is 2. The molecule has 0 radical (unpaired) electrons. The van der Waals surface area contributed by atoms with E-state index >= 15 is 0 Å². The maximum absolute atomic E-state index is 13.1. The highest BCUT2D eigenvalue weighted by atomic mass is 16.6. The van der Waals surface area contributed by atoms with E-state index in [0.29, 0.717) is 32.1 Å². The van der Waals surface area contributed by atoms with Gasteiger partial charge >= 0.3 is 11.9 Å². The van der Waals surface area contributed by atoms with Gasteiger partial charge in [-0.3, -0.25) is 9.59 Å². The normalized spacial score (nSPS) is 50.5. The molecule has 4 aliphatic rings. The average Bonchev–Trinajstić information content (AvgIpc) is 3.06. The highest BCUT2D eigenvalue weighted by Crippen LogP contribution is 2.60. The largest absolute Gasteiger partial charge is 0.459 e. The Balaban J connectivity index is 1.81. The van der Waals surface area contributed by atoms with Crippen molar-refractivity contribution in [3.8, 4) is 0 Å². The average molecular weight is 453 g/mol. The second kappa shape index (κ2) is 8.24. The molecule has 0 aromatic rings. The first-order valence-electron chi connectivity index (χ1n) is 12.3. The fraction of sp³-hybridized carbons (Fsp3) is 0.920. The predicted octanol–water partition coefficient (Wildman–Crippen LogP) is 3.40. The van der Waals surface area contributed by atoms with Gasteiger partial charge in [0.2, 0.25) is 0 Å². The molecule has 3 unspecified atom stereocenters. The third-order valence-electron chi connectivity index (χ3n) is 8.91. The molecule has 2 bridgehead atoms. The van der Waals surface area contributed by atoms with Crippen LogP contribution in [0.1, 0.15) is 79.6 Å². The number of methoxy groups -OCH3 is 1. The summed E-state index contributed by atoms with van der Waals surface area (Å²) in [6, 6.07) is 0. The van der Waals surface area contributed by atoms with Crippen LogP contribution in [0.4, 0.5) is 0 Å². The van der Waals surface area contributed by atoms with Gasteiger partial charge in [0.15, 0.2) is 0 Å². The number of ether oxygens (including phenoxy) is 4. The molecule has 7 heteroatoms. The van der Waals surface area contributed by atoms with Crippen LogP contribution >= 0.6 is 0 Å². The molecule has 7 nitrogen and oxygen atoms in total. The van der Waals surface area contributed by atoms with Crippen LogP contribution in [0.2, 0.25) is 0 Å². The number of fused-ring (bicyclic) bond motifs is 2. The van der Waals surface area contributed by atoms with Crippen LogP contribution in [0.5, 0.6) is 0 Å². The number of aliphatic hydroxyl groups is 1. The van der Waals surface area contributed by atoms with Crippen LogP contribution in [0.3, 0.4) is 0 Å². The van der Waals surface area contributed by atoms with Crippen molar-refractivity contribution in [2.75, 3.05) is 7.11 Å². The van der Waals surface area contributed by atoms with Crippen molar-refractivity contribution in [3.63, 3.8) is 0 Å². The Morgan fingerprint density at radius 3 is 2.59 bits per heavy atom. The lowest BCUT2D eigenvalue weighted by Crippen LogP contribution is -2.56. The molecule has 0 aromatic heterocycles. The van der Waals surface area contributed by atoms with Crippen LogP contribution in [0, 0.1) is 23.7 Å². The molecule has 182 valence electrons. The Kier molecular flexibility index (Phi) is 6.17. The summed E-state index contributed by atoms with van der Waals surface area (Å²) in [5, 5.41) is 11.4. The second-order valence-electron chi connectivity index (χ2n) is 11.3. The van der Waals surface area contributed by atoms with E-state index in [9.17, 15) is 14.7 Å². The van der Waals surface area contributed by atoms with Crippen molar-refractivity contribution < 1.29 is 33.6 Å². The molecule has 4 rings (SSSR count). The molecule has 4 fully saturated rings. The first kappa shape index (κ1) is 24.0. The molecule has 3 saturated heterocycles. The van der Waals surface area contributed by atoms with Crippen molar-refractivity contribution in [1.82, 2.24) is 0 Å². The maximum Gasteiger partial charge on any atom is 0.309 e. The molecule has 3 aliphatic heterocycles. The van der Waals surface area contributed by atoms with E-state index in [2.05, 4.69) is 0 Å². The van der Waals surface area contributed by atoms with Gasteiger partial charge in [0.1, 0.15) is 17.3 Å². The van der Waals surface area contributed by atoms with Gasteiger partial charge in [0.05, 0.1) is 23.7 Å². The van der Waals surface area contributed by atoms with E-state index in [4.69, 9.17) is 18.9 Å². The topological polar surface area (TPSA) is 91.3 Å². The SMILES string of the molecule is CCCC(=O)O[C@]1(C)CCC2[C@@H]3C4OC(C[C@@](C)(O)[C@H](OC)CC[C@]4(C)OC(=O)[C@@H]2C)[C@@H]31. The van der Waals surface area contributed by atoms with Gasteiger partial charge in [-0.15, -0.1) is 0 Å². The first-order chi connectivity index (χ1) is 15.0. The van der Waals surface area contributed by atoms with E-state index in [1.807, 2.05) is 27.7 Å². The van der Waals surface area contributed by atoms with Crippen LogP contribution in [0.15, 0.2) is 0 Å². The fourth-order valence-corrected chi connectivity index (χ4v) is 7.24. The van der Waals surface area contributed by atoms with Crippen molar-refractivity contribution in [2.24, 2.45) is 23.7 Å². The molecule has 32 heavy (non-hydrogen) atoms. The molecular weight excluding hydrogens is 412 g/mol. The van der Waals surface area contributed by atoms with Gasteiger partial charge in [-0.1, -0.05) is 13.8 Å². The Morgan fingerprint density at radius 2 is 1.94 bits per heavy atom. The minimum atomic E-state index is -1.12. The van der Waals surface area contributed by atoms with Crippen molar-refractivity contribution in [3.05, 3.63) is 0 Å². The maximum atomic E-state index is 13.1. The fourth-order valence-electron chi connectivity index (χ4n) is 7.24. The lowest BCUT2D eigenvalue weighted by molar-refractivity contribution is -0.183. The molecular formula is C25H40O7. The molecule has 1 N–H and O–H groups in total. The van der Waals surface area contributed by atoms with Gasteiger partial charge in [-0.05, 0) is 58.8 Å². The predicted molar refractivity (Wildman–Crippen MR) is 117 cm³/mol. The zero-order valence-electron chi connectivity index (χ0n) is 20.4. The molecule has 1 aliphatic carbocycles. The van der Waals surface area contributed by atoms with Crippen LogP contribution in [0.25, 0.3) is 0 Å². The molecule has 3 heterocycles. The Morgan fingerprint density at radius 1 is 1.22 bits per heavy atom. The smallest absolute Gasteiger partial charge is 0.309 e. The standard InChI is InChI=1S/C25H40O7/c1-7-8-18(26)31-24(4)11-9-15-14(2)22(27)32-25(5)12-10-17(29-6)23(3,28)13-16-20(24)19(15)21(25)30-16/h14-17,19-21,28H,7-13H2,1-6H3/t14-,15?,16?,17-,19+,20+,21?,23-,24-,25+/m1/s1. The van der Waals surface area contributed by atoms with E-state index in [1.54, 1.807) is 14.0 Å². The zero-order chi connectivity index (χ0) is 23.5. The van der Waals surface area contributed by atoms with Gasteiger partial charge in [0, 0.05) is 31.8 Å². The quantitative estimate of drug-likeness (QED) is 0.654. The van der Waals surface area contributed by atoms with Crippen LogP contribution < -0.4 is 0 Å². The third kappa shape index (κ3) is 3.78. The summed E-state index contributed by atoms with van der Waals surface area (Å²) in [5.41, 5.74) is -2.64. The summed E-state index contributed by atoms with van der Waals surface area (Å²) in [5.74, 6) is -0.618. The first-order valence-corrected chi connectivity index (χ1v) is 12.3. The van der Waals surface area contributed by atoms with Crippen molar-refractivity contribution in [1.29, 1.82) is 0 Å². The van der Waals surface area contributed by atoms with Crippen molar-refractivity contribution in [2.45, 2.75) is 115 Å². The number of hydrogen-bond donors (Lipinski definition) is 1. The number of carbonyl (C=O) groups excluding carboxylic acids is 2. The highest BCUT2D eigenvalue weighted by molar-refractivity contribution is 5.73. The Labute approximate surface area is 191 Å². The highest BCUT2D eigenvalue weighted by Gasteiger charge is 2.67. The summed E-state index contributed by atoms with van der Waals surface area (Å²) in [4.78, 5) is 25.7. The molecule has 1 saturated carbocycles. The zero-order valence-corrected chi connectivity index (χ0v) is 20.4. The summed E-state index contributed by atoms with van der Waals surface area (Å²) >= 11 is 0. The number of esters is 2. The lowest BCUT2D eigenvalue weighted by Gasteiger charge is -2.49. The minimum absolute atomic E-state index is 0.0227. The Hall–Kier alpha value is -1.18. The van der Waals surface area contributed by atoms with E-state index < -0.39 is 22.9 Å². The van der Waals surface area contributed by atoms with Crippen LogP contribution in [-0.2, 0) is 28.5 Å². The van der Waals surface area contributed by atoms with Gasteiger partial charge in [-0.25, -0.2) is 0 Å².